The van der Waals surface area contributed by atoms with Gasteiger partial charge in [0.1, 0.15) is 11.5 Å². The average Bonchev–Trinajstić information content (AvgIpc) is 3.04. The number of nitrogens with zero attached hydrogens (tertiary/aromatic N) is 3. The molecule has 1 unspecified atom stereocenters. The number of carbonyl (C=O) groups is 1. The van der Waals surface area contributed by atoms with Crippen LogP contribution in [0, 0.1) is 6.92 Å². The van der Waals surface area contributed by atoms with Crippen molar-refractivity contribution in [2.75, 3.05) is 11.1 Å². The number of fused-ring (bicyclic) bond motifs is 1. The third kappa shape index (κ3) is 3.95. The van der Waals surface area contributed by atoms with Crippen LogP contribution in [0.2, 0.25) is 10.0 Å². The molecule has 3 rings (SSSR count). The molecule has 1 atom stereocenters. The molecule has 0 radical (unpaired) electrons. The van der Waals surface area contributed by atoms with Crippen molar-refractivity contribution in [1.82, 2.24) is 14.5 Å². The van der Waals surface area contributed by atoms with Gasteiger partial charge in [-0.25, -0.2) is 4.98 Å². The summed E-state index contributed by atoms with van der Waals surface area (Å²) >= 11 is 12.0. The van der Waals surface area contributed by atoms with Crippen LogP contribution in [-0.2, 0) is 21.3 Å². The largest absolute Gasteiger partial charge is 0.360 e. The minimum Gasteiger partial charge on any atom is -0.360 e. The van der Waals surface area contributed by atoms with E-state index < -0.39 is 16.7 Å². The number of anilines is 1. The Labute approximate surface area is 149 Å². The van der Waals surface area contributed by atoms with Crippen LogP contribution in [0.25, 0.3) is 5.65 Å². The SMILES string of the molecule is Cc1cc(NC(=O)CS(=O)Cc2cn3cc(Cl)cc(Cl)c3n2)no1. The number of hydrogen-bond donors (Lipinski definition) is 1. The zero-order valence-corrected chi connectivity index (χ0v) is 14.8. The highest BCUT2D eigenvalue weighted by Gasteiger charge is 2.14. The maximum absolute atomic E-state index is 12.1. The van der Waals surface area contributed by atoms with Crippen molar-refractivity contribution < 1.29 is 13.5 Å². The van der Waals surface area contributed by atoms with Crippen LogP contribution in [0.4, 0.5) is 5.82 Å². The highest BCUT2D eigenvalue weighted by Crippen LogP contribution is 2.22. The van der Waals surface area contributed by atoms with Crippen molar-refractivity contribution in [3.8, 4) is 0 Å². The van der Waals surface area contributed by atoms with E-state index in [0.29, 0.717) is 33.0 Å². The van der Waals surface area contributed by atoms with Crippen molar-refractivity contribution in [2.45, 2.75) is 12.7 Å². The molecule has 3 aromatic rings. The average molecular weight is 387 g/mol. The quantitative estimate of drug-likeness (QED) is 0.727. The second-order valence-electron chi connectivity index (χ2n) is 5.07. The van der Waals surface area contributed by atoms with E-state index in [0.717, 1.165) is 0 Å². The van der Waals surface area contributed by atoms with Gasteiger partial charge in [0.05, 0.1) is 21.5 Å². The highest BCUT2D eigenvalue weighted by molar-refractivity contribution is 7.84. The third-order valence-electron chi connectivity index (χ3n) is 3.02. The summed E-state index contributed by atoms with van der Waals surface area (Å²) in [5.74, 6) is 0.414. The molecule has 24 heavy (non-hydrogen) atoms. The number of aromatic nitrogens is 3. The van der Waals surface area contributed by atoms with Gasteiger partial charge in [0.15, 0.2) is 11.5 Å². The van der Waals surface area contributed by atoms with Gasteiger partial charge in [0.2, 0.25) is 5.91 Å². The Balaban J connectivity index is 1.64. The van der Waals surface area contributed by atoms with Crippen molar-refractivity contribution in [3.05, 3.63) is 46.0 Å². The summed E-state index contributed by atoms with van der Waals surface area (Å²) in [4.78, 5) is 16.2. The fourth-order valence-electron chi connectivity index (χ4n) is 2.11. The molecule has 126 valence electrons. The number of amides is 1. The Hall–Kier alpha value is -1.90. The maximum atomic E-state index is 12.1. The summed E-state index contributed by atoms with van der Waals surface area (Å²) in [6.45, 7) is 1.71. The second kappa shape index (κ2) is 6.92. The van der Waals surface area contributed by atoms with E-state index in [1.165, 1.54) is 0 Å². The summed E-state index contributed by atoms with van der Waals surface area (Å²) in [6.07, 6.45) is 3.34. The first-order valence-corrected chi connectivity index (χ1v) is 9.06. The van der Waals surface area contributed by atoms with Crippen LogP contribution in [-0.4, -0.2) is 30.4 Å². The molecule has 7 nitrogen and oxygen atoms in total. The summed E-state index contributed by atoms with van der Waals surface area (Å²) < 4.78 is 18.7. The van der Waals surface area contributed by atoms with Crippen molar-refractivity contribution in [2.24, 2.45) is 0 Å². The summed E-state index contributed by atoms with van der Waals surface area (Å²) in [5, 5.41) is 7.04. The Morgan fingerprint density at radius 3 is 2.88 bits per heavy atom. The Kier molecular flexibility index (Phi) is 4.88. The van der Waals surface area contributed by atoms with Gasteiger partial charge in [0.25, 0.3) is 0 Å². The second-order valence-corrected chi connectivity index (χ2v) is 7.37. The molecule has 1 amide bonds. The minimum absolute atomic E-state index is 0.126. The molecule has 0 aliphatic carbocycles. The third-order valence-corrected chi connectivity index (χ3v) is 4.71. The van der Waals surface area contributed by atoms with E-state index in [9.17, 15) is 9.00 Å². The molecule has 0 saturated heterocycles. The lowest BCUT2D eigenvalue weighted by Gasteiger charge is -2.00. The molecule has 10 heteroatoms. The predicted molar refractivity (Wildman–Crippen MR) is 91.8 cm³/mol. The number of nitrogens with one attached hydrogen (secondary N) is 1. The lowest BCUT2D eigenvalue weighted by atomic mass is 10.5. The smallest absolute Gasteiger partial charge is 0.238 e. The van der Waals surface area contributed by atoms with E-state index >= 15 is 0 Å². The fraction of sp³-hybridized carbons (Fsp3) is 0.214. The van der Waals surface area contributed by atoms with E-state index in [-0.39, 0.29) is 11.5 Å². The molecule has 0 spiro atoms. The van der Waals surface area contributed by atoms with E-state index in [2.05, 4.69) is 15.5 Å². The van der Waals surface area contributed by atoms with Gasteiger partial charge in [0, 0.05) is 29.3 Å². The molecule has 0 aliphatic heterocycles. The van der Waals surface area contributed by atoms with Crippen molar-refractivity contribution in [1.29, 1.82) is 0 Å². The van der Waals surface area contributed by atoms with Gasteiger partial charge < -0.3 is 14.2 Å². The summed E-state index contributed by atoms with van der Waals surface area (Å²) in [7, 11) is -1.43. The Morgan fingerprint density at radius 2 is 2.17 bits per heavy atom. The van der Waals surface area contributed by atoms with Gasteiger partial charge in [-0.15, -0.1) is 0 Å². The number of imidazole rings is 1. The summed E-state index contributed by atoms with van der Waals surface area (Å²) in [5.41, 5.74) is 1.08. The number of halogens is 2. The minimum atomic E-state index is -1.43. The van der Waals surface area contributed by atoms with Crippen LogP contribution < -0.4 is 5.32 Å². The normalized spacial score (nSPS) is 12.5. The molecular formula is C14H12Cl2N4O3S. The Bertz CT molecular complexity index is 937. The molecule has 0 aromatic carbocycles. The molecule has 3 heterocycles. The van der Waals surface area contributed by atoms with Crippen LogP contribution >= 0.6 is 23.2 Å². The standard InChI is InChI=1S/C14H12Cl2N4O3S/c1-8-2-12(19-23-8)18-13(21)7-24(22)6-10-5-20-4-9(15)3-11(16)14(20)17-10/h2-5H,6-7H2,1H3,(H,18,19,21). The Morgan fingerprint density at radius 1 is 1.38 bits per heavy atom. The van der Waals surface area contributed by atoms with Gasteiger partial charge >= 0.3 is 0 Å². The summed E-state index contributed by atoms with van der Waals surface area (Å²) in [6, 6.07) is 3.16. The van der Waals surface area contributed by atoms with Crippen molar-refractivity contribution in [3.63, 3.8) is 0 Å². The zero-order valence-electron chi connectivity index (χ0n) is 12.5. The van der Waals surface area contributed by atoms with Gasteiger partial charge in [-0.3, -0.25) is 9.00 Å². The van der Waals surface area contributed by atoms with Gasteiger partial charge in [-0.2, -0.15) is 0 Å². The first-order valence-electron chi connectivity index (χ1n) is 6.81. The first kappa shape index (κ1) is 16.9. The van der Waals surface area contributed by atoms with Gasteiger partial charge in [-0.1, -0.05) is 28.4 Å². The van der Waals surface area contributed by atoms with E-state index in [4.69, 9.17) is 27.7 Å². The number of hydrogen-bond acceptors (Lipinski definition) is 5. The van der Waals surface area contributed by atoms with Crippen molar-refractivity contribution >= 4 is 51.4 Å². The van der Waals surface area contributed by atoms with Gasteiger partial charge in [-0.05, 0) is 13.0 Å². The molecular weight excluding hydrogens is 375 g/mol. The number of aryl methyl sites for hydroxylation is 1. The molecule has 0 bridgehead atoms. The lowest BCUT2D eigenvalue weighted by Crippen LogP contribution is -2.20. The molecule has 1 N–H and O–H groups in total. The lowest BCUT2D eigenvalue weighted by molar-refractivity contribution is -0.113. The van der Waals surface area contributed by atoms with Crippen LogP contribution in [0.5, 0.6) is 0 Å². The monoisotopic (exact) mass is 386 g/mol. The highest BCUT2D eigenvalue weighted by atomic mass is 35.5. The van der Waals surface area contributed by atoms with Crippen LogP contribution in [0.1, 0.15) is 11.5 Å². The van der Waals surface area contributed by atoms with E-state index in [1.54, 1.807) is 35.9 Å². The number of carbonyl (C=O) groups excluding carboxylic acids is 1. The fourth-order valence-corrected chi connectivity index (χ4v) is 3.57. The first-order chi connectivity index (χ1) is 11.4. The molecule has 0 aliphatic rings. The number of pyridine rings is 1. The number of rotatable bonds is 5. The molecule has 0 fully saturated rings. The maximum Gasteiger partial charge on any atom is 0.238 e. The van der Waals surface area contributed by atoms with Crippen LogP contribution in [0.3, 0.4) is 0 Å². The molecule has 0 saturated carbocycles. The topological polar surface area (TPSA) is 89.5 Å². The predicted octanol–water partition coefficient (Wildman–Crippen LogP) is 2.82. The molecule has 3 aromatic heterocycles. The van der Waals surface area contributed by atoms with E-state index in [1.807, 2.05) is 0 Å². The van der Waals surface area contributed by atoms with Crippen LogP contribution in [0.15, 0.2) is 29.0 Å². The zero-order chi connectivity index (χ0) is 17.3.